The highest BCUT2D eigenvalue weighted by Gasteiger charge is 2.26. The van der Waals surface area contributed by atoms with Crippen molar-refractivity contribution in [2.45, 2.75) is 31.7 Å². The fourth-order valence-electron chi connectivity index (χ4n) is 2.61. The van der Waals surface area contributed by atoms with Gasteiger partial charge < -0.3 is 5.11 Å². The summed E-state index contributed by atoms with van der Waals surface area (Å²) in [5.41, 5.74) is 0.818. The summed E-state index contributed by atoms with van der Waals surface area (Å²) in [6.45, 7) is 1.83. The molecule has 1 unspecified atom stereocenters. The minimum atomic E-state index is -0.813. The molecule has 0 radical (unpaired) electrons. The van der Waals surface area contributed by atoms with Crippen LogP contribution in [0.15, 0.2) is 18.2 Å². The molecule has 1 aromatic carbocycles. The second kappa shape index (κ2) is 6.60. The van der Waals surface area contributed by atoms with Gasteiger partial charge in [-0.25, -0.2) is 0 Å². The van der Waals surface area contributed by atoms with Crippen molar-refractivity contribution in [1.29, 1.82) is 0 Å². The molecule has 104 valence electrons. The van der Waals surface area contributed by atoms with Crippen molar-refractivity contribution >= 4 is 29.2 Å². The third-order valence-electron chi connectivity index (χ3n) is 3.54. The van der Waals surface area contributed by atoms with Crippen LogP contribution >= 0.6 is 23.2 Å². The molecule has 1 aliphatic heterocycles. The van der Waals surface area contributed by atoms with Gasteiger partial charge in [-0.15, -0.1) is 0 Å². The third kappa shape index (κ3) is 3.62. The summed E-state index contributed by atoms with van der Waals surface area (Å²) >= 11 is 12.3. The van der Waals surface area contributed by atoms with E-state index in [2.05, 4.69) is 4.90 Å². The first-order valence-electron chi connectivity index (χ1n) is 6.49. The van der Waals surface area contributed by atoms with Gasteiger partial charge in [0.2, 0.25) is 0 Å². The number of nitrogens with zero attached hydrogens (tertiary/aromatic N) is 1. The maximum Gasteiger partial charge on any atom is 0.305 e. The summed E-state index contributed by atoms with van der Waals surface area (Å²) in [5, 5.41) is 10.1. The second-order valence-electron chi connectivity index (χ2n) is 4.85. The lowest BCUT2D eigenvalue weighted by Crippen LogP contribution is -2.35. The van der Waals surface area contributed by atoms with Crippen LogP contribution in [0.4, 0.5) is 0 Å². The first-order valence-corrected chi connectivity index (χ1v) is 7.25. The molecule has 0 aromatic heterocycles. The van der Waals surface area contributed by atoms with Gasteiger partial charge >= 0.3 is 5.97 Å². The van der Waals surface area contributed by atoms with E-state index in [1.807, 2.05) is 12.1 Å². The van der Waals surface area contributed by atoms with Crippen molar-refractivity contribution < 1.29 is 9.90 Å². The van der Waals surface area contributed by atoms with Gasteiger partial charge in [-0.2, -0.15) is 0 Å². The maximum atomic E-state index is 11.1. The van der Waals surface area contributed by atoms with Crippen molar-refractivity contribution in [1.82, 2.24) is 4.90 Å². The van der Waals surface area contributed by atoms with E-state index < -0.39 is 5.97 Å². The molecule has 19 heavy (non-hydrogen) atoms. The highest BCUT2D eigenvalue weighted by molar-refractivity contribution is 6.42. The third-order valence-corrected chi connectivity index (χ3v) is 4.37. The lowest BCUT2D eigenvalue weighted by atomic mass is 9.99. The molecule has 0 aliphatic carbocycles. The number of likely N-dealkylation sites (tertiary alicyclic amines) is 1. The maximum absolute atomic E-state index is 11.1. The first-order chi connectivity index (χ1) is 9.09. The number of benzene rings is 1. The molecule has 2 rings (SSSR count). The first kappa shape index (κ1) is 14.6. The van der Waals surface area contributed by atoms with Gasteiger partial charge in [-0.05, 0) is 37.6 Å². The fraction of sp³-hybridized carbons (Fsp3) is 0.500. The Hall–Kier alpha value is -0.770. The van der Waals surface area contributed by atoms with E-state index in [-0.39, 0.29) is 12.5 Å². The molecule has 1 heterocycles. The Morgan fingerprint density at radius 1 is 1.26 bits per heavy atom. The topological polar surface area (TPSA) is 40.5 Å². The van der Waals surface area contributed by atoms with Crippen molar-refractivity contribution in [3.05, 3.63) is 33.8 Å². The summed E-state index contributed by atoms with van der Waals surface area (Å²) in [5.74, 6) is -0.813. The molecule has 1 N–H and O–H groups in total. The largest absolute Gasteiger partial charge is 0.481 e. The summed E-state index contributed by atoms with van der Waals surface area (Å²) < 4.78 is 0. The quantitative estimate of drug-likeness (QED) is 0.914. The van der Waals surface area contributed by atoms with Gasteiger partial charge in [0.15, 0.2) is 0 Å². The van der Waals surface area contributed by atoms with Crippen LogP contribution in [0, 0.1) is 0 Å². The van der Waals surface area contributed by atoms with E-state index in [1.165, 1.54) is 6.42 Å². The zero-order chi connectivity index (χ0) is 13.8. The molecular formula is C14H17Cl2NO2. The lowest BCUT2D eigenvalue weighted by Gasteiger charge is -2.34. The van der Waals surface area contributed by atoms with E-state index in [0.29, 0.717) is 10.0 Å². The van der Waals surface area contributed by atoms with E-state index in [9.17, 15) is 4.79 Å². The smallest absolute Gasteiger partial charge is 0.305 e. The molecular weight excluding hydrogens is 285 g/mol. The van der Waals surface area contributed by atoms with E-state index >= 15 is 0 Å². The Morgan fingerprint density at radius 3 is 2.58 bits per heavy atom. The SMILES string of the molecule is O=C(O)CC(c1cccc(Cl)c1Cl)N1CCCCC1. The van der Waals surface area contributed by atoms with E-state index in [4.69, 9.17) is 28.3 Å². The van der Waals surface area contributed by atoms with Crippen LogP contribution in [-0.2, 0) is 4.79 Å². The number of carboxylic acids is 1. The minimum absolute atomic E-state index is 0.0556. The number of carbonyl (C=O) groups is 1. The number of carboxylic acid groups (broad SMARTS) is 1. The predicted octanol–water partition coefficient (Wildman–Crippen LogP) is 4.00. The van der Waals surface area contributed by atoms with E-state index in [0.717, 1.165) is 31.5 Å². The Balaban J connectivity index is 2.30. The Bertz CT molecular complexity index is 459. The molecule has 5 heteroatoms. The van der Waals surface area contributed by atoms with Crippen LogP contribution in [0.2, 0.25) is 10.0 Å². The highest BCUT2D eigenvalue weighted by Crippen LogP contribution is 2.35. The van der Waals surface area contributed by atoms with Crippen LogP contribution in [0.5, 0.6) is 0 Å². The molecule has 0 spiro atoms. The van der Waals surface area contributed by atoms with Crippen molar-refractivity contribution in [2.75, 3.05) is 13.1 Å². The predicted molar refractivity (Wildman–Crippen MR) is 76.9 cm³/mol. The molecule has 1 aromatic rings. The lowest BCUT2D eigenvalue weighted by molar-refractivity contribution is -0.138. The van der Waals surface area contributed by atoms with Crippen LogP contribution in [0.3, 0.4) is 0 Å². The molecule has 1 fully saturated rings. The molecule has 3 nitrogen and oxygen atoms in total. The number of rotatable bonds is 4. The minimum Gasteiger partial charge on any atom is -0.481 e. The number of hydrogen-bond donors (Lipinski definition) is 1. The van der Waals surface area contributed by atoms with Gasteiger partial charge in [0, 0.05) is 6.04 Å². The van der Waals surface area contributed by atoms with Gasteiger partial charge in [-0.3, -0.25) is 9.69 Å². The van der Waals surface area contributed by atoms with Crippen LogP contribution in [0.25, 0.3) is 0 Å². The molecule has 1 saturated heterocycles. The van der Waals surface area contributed by atoms with Crippen LogP contribution in [0.1, 0.15) is 37.3 Å². The summed E-state index contributed by atoms with van der Waals surface area (Å²) in [6.07, 6.45) is 3.47. The number of halogens is 2. The van der Waals surface area contributed by atoms with Crippen LogP contribution < -0.4 is 0 Å². The summed E-state index contributed by atoms with van der Waals surface area (Å²) in [6, 6.07) is 5.23. The summed E-state index contributed by atoms with van der Waals surface area (Å²) in [7, 11) is 0. The van der Waals surface area contributed by atoms with Crippen LogP contribution in [-0.4, -0.2) is 29.1 Å². The van der Waals surface area contributed by atoms with Gasteiger partial charge in [0.05, 0.1) is 16.5 Å². The summed E-state index contributed by atoms with van der Waals surface area (Å²) in [4.78, 5) is 13.3. The van der Waals surface area contributed by atoms with Crippen molar-refractivity contribution in [3.8, 4) is 0 Å². The molecule has 0 saturated carbocycles. The Kier molecular flexibility index (Phi) is 5.08. The average Bonchev–Trinajstić information content (AvgIpc) is 2.40. The Labute approximate surface area is 123 Å². The standard InChI is InChI=1S/C14H17Cl2NO2/c15-11-6-4-5-10(14(11)16)12(9-13(18)19)17-7-2-1-3-8-17/h4-6,12H,1-3,7-9H2,(H,18,19). The molecule has 0 amide bonds. The second-order valence-corrected chi connectivity index (χ2v) is 5.64. The average molecular weight is 302 g/mol. The van der Waals surface area contributed by atoms with Gasteiger partial charge in [-0.1, -0.05) is 41.8 Å². The van der Waals surface area contributed by atoms with Crippen molar-refractivity contribution in [3.63, 3.8) is 0 Å². The molecule has 1 atom stereocenters. The molecule has 0 bridgehead atoms. The van der Waals surface area contributed by atoms with E-state index in [1.54, 1.807) is 6.07 Å². The number of hydrogen-bond acceptors (Lipinski definition) is 2. The normalized spacial score (nSPS) is 18.2. The monoisotopic (exact) mass is 301 g/mol. The van der Waals surface area contributed by atoms with Gasteiger partial charge in [0.1, 0.15) is 0 Å². The van der Waals surface area contributed by atoms with Gasteiger partial charge in [0.25, 0.3) is 0 Å². The highest BCUT2D eigenvalue weighted by atomic mass is 35.5. The van der Waals surface area contributed by atoms with Crippen molar-refractivity contribution in [2.24, 2.45) is 0 Å². The number of aliphatic carboxylic acids is 1. The number of piperidine rings is 1. The Morgan fingerprint density at radius 2 is 1.95 bits per heavy atom. The fourth-order valence-corrected chi connectivity index (χ4v) is 3.04. The zero-order valence-corrected chi connectivity index (χ0v) is 12.1. The molecule has 1 aliphatic rings. The zero-order valence-electron chi connectivity index (χ0n) is 10.6.